The van der Waals surface area contributed by atoms with Gasteiger partial charge >= 0.3 is 6.18 Å². The van der Waals surface area contributed by atoms with E-state index in [2.05, 4.69) is 15.5 Å². The molecule has 0 fully saturated rings. The van der Waals surface area contributed by atoms with E-state index in [1.165, 1.54) is 19.2 Å². The Balaban J connectivity index is 1.81. The zero-order valence-electron chi connectivity index (χ0n) is 16.1. The smallest absolute Gasteiger partial charge is 0.416 e. The van der Waals surface area contributed by atoms with E-state index in [0.717, 1.165) is 18.2 Å². The third-order valence-electron chi connectivity index (χ3n) is 4.02. The Kier molecular flexibility index (Phi) is 6.36. The summed E-state index contributed by atoms with van der Waals surface area (Å²) >= 11 is 0. The molecule has 7 nitrogen and oxygen atoms in total. The molecule has 0 unspecified atom stereocenters. The molecule has 0 radical (unpaired) electrons. The van der Waals surface area contributed by atoms with Crippen molar-refractivity contribution < 1.29 is 32.0 Å². The van der Waals surface area contributed by atoms with Gasteiger partial charge in [-0.1, -0.05) is 5.16 Å². The summed E-state index contributed by atoms with van der Waals surface area (Å²) < 4.78 is 54.6. The van der Waals surface area contributed by atoms with Gasteiger partial charge in [0.2, 0.25) is 0 Å². The molecular formula is C20H18F3N3O4. The molecule has 1 aromatic heterocycles. The number of rotatable bonds is 7. The first kappa shape index (κ1) is 21.3. The number of nitrogens with one attached hydrogen (secondary N) is 1. The number of hydrogen-bond donors (Lipinski definition) is 1. The zero-order valence-corrected chi connectivity index (χ0v) is 16.1. The van der Waals surface area contributed by atoms with Crippen molar-refractivity contribution >= 4 is 11.6 Å². The number of nitrogens with zero attached hydrogens (tertiary/aromatic N) is 2. The molecule has 0 aliphatic carbocycles. The largest absolute Gasteiger partial charge is 0.489 e. The van der Waals surface area contributed by atoms with Crippen LogP contribution in [0, 0.1) is 6.92 Å². The van der Waals surface area contributed by atoms with Gasteiger partial charge in [0.05, 0.1) is 17.9 Å². The maximum atomic E-state index is 13.1. The van der Waals surface area contributed by atoms with Gasteiger partial charge in [0, 0.05) is 18.2 Å². The van der Waals surface area contributed by atoms with E-state index in [9.17, 15) is 18.0 Å². The van der Waals surface area contributed by atoms with E-state index in [-0.39, 0.29) is 30.2 Å². The van der Waals surface area contributed by atoms with Gasteiger partial charge in [0.15, 0.2) is 5.82 Å². The fourth-order valence-corrected chi connectivity index (χ4v) is 2.54. The number of alkyl halides is 3. The van der Waals surface area contributed by atoms with Gasteiger partial charge in [-0.05, 0) is 49.4 Å². The minimum atomic E-state index is -4.56. The van der Waals surface area contributed by atoms with E-state index >= 15 is 0 Å². The maximum absolute atomic E-state index is 13.1. The van der Waals surface area contributed by atoms with Crippen LogP contribution in [0.1, 0.15) is 21.7 Å². The number of carbonyl (C=O) groups excluding carboxylic acids is 1. The summed E-state index contributed by atoms with van der Waals surface area (Å²) in [6, 6.07) is 9.09. The van der Waals surface area contributed by atoms with Crippen molar-refractivity contribution in [3.63, 3.8) is 0 Å². The van der Waals surface area contributed by atoms with Crippen molar-refractivity contribution in [1.29, 1.82) is 0 Å². The third kappa shape index (κ3) is 5.15. The van der Waals surface area contributed by atoms with Gasteiger partial charge in [-0.15, -0.1) is 0 Å². The summed E-state index contributed by atoms with van der Waals surface area (Å²) in [5.41, 5.74) is -0.161. The van der Waals surface area contributed by atoms with E-state index in [4.69, 9.17) is 14.0 Å². The molecule has 0 aliphatic heterocycles. The first-order valence-electron chi connectivity index (χ1n) is 8.83. The average molecular weight is 421 g/mol. The highest BCUT2D eigenvalue weighted by Gasteiger charge is 2.31. The van der Waals surface area contributed by atoms with E-state index in [0.29, 0.717) is 17.3 Å². The van der Waals surface area contributed by atoms with Crippen molar-refractivity contribution in [1.82, 2.24) is 10.1 Å². The summed E-state index contributed by atoms with van der Waals surface area (Å²) in [7, 11) is 1.47. The van der Waals surface area contributed by atoms with Crippen LogP contribution in [0.3, 0.4) is 0 Å². The lowest BCUT2D eigenvalue weighted by atomic mass is 10.1. The fraction of sp³-hybridized carbons (Fsp3) is 0.250. The SMILES string of the molecule is COCCOc1ccc(C(F)(F)F)cc1NC(=O)c1ccc(-c2nc(C)no2)cc1. The topological polar surface area (TPSA) is 86.5 Å². The van der Waals surface area contributed by atoms with Crippen LogP contribution < -0.4 is 10.1 Å². The molecule has 10 heteroatoms. The molecule has 0 spiro atoms. The standard InChI is InChI=1S/C20H18F3N3O4/c1-12-24-19(30-26-12)14-5-3-13(4-6-14)18(27)25-16-11-15(20(21,22)23)7-8-17(16)29-10-9-28-2/h3-8,11H,9-10H2,1-2H3,(H,25,27). The van der Waals surface area contributed by atoms with Crippen LogP contribution in [-0.2, 0) is 10.9 Å². The highest BCUT2D eigenvalue weighted by atomic mass is 19.4. The Hall–Kier alpha value is -3.40. The van der Waals surface area contributed by atoms with E-state index in [1.807, 2.05) is 0 Å². The number of carbonyl (C=O) groups is 1. The van der Waals surface area contributed by atoms with Crippen molar-refractivity contribution in [2.24, 2.45) is 0 Å². The van der Waals surface area contributed by atoms with Crippen LogP contribution in [0.5, 0.6) is 5.75 Å². The Morgan fingerprint density at radius 1 is 1.13 bits per heavy atom. The molecule has 3 rings (SSSR count). The van der Waals surface area contributed by atoms with Gasteiger partial charge in [0.1, 0.15) is 12.4 Å². The summed E-state index contributed by atoms with van der Waals surface area (Å²) in [5.74, 6) is 0.272. The highest BCUT2D eigenvalue weighted by molar-refractivity contribution is 6.05. The van der Waals surface area contributed by atoms with Gasteiger partial charge in [0.25, 0.3) is 11.8 Å². The molecule has 1 N–H and O–H groups in total. The molecule has 0 aliphatic rings. The van der Waals surface area contributed by atoms with Crippen molar-refractivity contribution in [3.8, 4) is 17.2 Å². The Labute approximate surface area is 169 Å². The first-order valence-corrected chi connectivity index (χ1v) is 8.83. The molecule has 1 amide bonds. The molecule has 0 saturated heterocycles. The summed E-state index contributed by atoms with van der Waals surface area (Å²) in [5, 5.41) is 6.17. The molecule has 158 valence electrons. The number of anilines is 1. The van der Waals surface area contributed by atoms with Crippen LogP contribution in [0.25, 0.3) is 11.5 Å². The molecule has 3 aromatic rings. The minimum Gasteiger partial charge on any atom is -0.489 e. The summed E-state index contributed by atoms with van der Waals surface area (Å²) in [6.07, 6.45) is -4.56. The monoisotopic (exact) mass is 421 g/mol. The molecule has 0 bridgehead atoms. The molecule has 2 aromatic carbocycles. The van der Waals surface area contributed by atoms with Gasteiger partial charge in [-0.2, -0.15) is 18.2 Å². The third-order valence-corrected chi connectivity index (χ3v) is 4.02. The maximum Gasteiger partial charge on any atom is 0.416 e. The average Bonchev–Trinajstić information content (AvgIpc) is 3.15. The first-order chi connectivity index (χ1) is 14.3. The Bertz CT molecular complexity index is 1020. The fourth-order valence-electron chi connectivity index (χ4n) is 2.54. The lowest BCUT2D eigenvalue weighted by Crippen LogP contribution is -2.15. The lowest BCUT2D eigenvalue weighted by Gasteiger charge is -2.15. The number of halogens is 3. The van der Waals surface area contributed by atoms with E-state index < -0.39 is 17.6 Å². The second kappa shape index (κ2) is 8.95. The van der Waals surface area contributed by atoms with Crippen LogP contribution in [0.4, 0.5) is 18.9 Å². The number of ether oxygens (including phenoxy) is 2. The predicted molar refractivity (Wildman–Crippen MR) is 101 cm³/mol. The molecule has 0 saturated carbocycles. The number of methoxy groups -OCH3 is 1. The Morgan fingerprint density at radius 2 is 1.87 bits per heavy atom. The second-order valence-corrected chi connectivity index (χ2v) is 6.23. The second-order valence-electron chi connectivity index (χ2n) is 6.23. The summed E-state index contributed by atoms with van der Waals surface area (Å²) in [4.78, 5) is 16.7. The number of benzene rings is 2. The van der Waals surface area contributed by atoms with Crippen molar-refractivity contribution in [3.05, 3.63) is 59.4 Å². The predicted octanol–water partition coefficient (Wildman–Crippen LogP) is 4.34. The minimum absolute atomic E-state index is 0.0949. The van der Waals surface area contributed by atoms with Gasteiger partial charge < -0.3 is 19.3 Å². The zero-order chi connectivity index (χ0) is 21.7. The number of hydrogen-bond acceptors (Lipinski definition) is 6. The van der Waals surface area contributed by atoms with Gasteiger partial charge in [-0.25, -0.2) is 0 Å². The van der Waals surface area contributed by atoms with Crippen molar-refractivity contribution in [2.45, 2.75) is 13.1 Å². The number of amides is 1. The van der Waals surface area contributed by atoms with Crippen LogP contribution in [-0.4, -0.2) is 36.4 Å². The Morgan fingerprint density at radius 3 is 2.47 bits per heavy atom. The highest BCUT2D eigenvalue weighted by Crippen LogP contribution is 2.35. The molecule has 0 atom stereocenters. The van der Waals surface area contributed by atoms with Crippen LogP contribution in [0.15, 0.2) is 47.0 Å². The number of aryl methyl sites for hydroxylation is 1. The van der Waals surface area contributed by atoms with Crippen molar-refractivity contribution in [2.75, 3.05) is 25.6 Å². The van der Waals surface area contributed by atoms with Crippen LogP contribution >= 0.6 is 0 Å². The lowest BCUT2D eigenvalue weighted by molar-refractivity contribution is -0.137. The number of aromatic nitrogens is 2. The molecule has 30 heavy (non-hydrogen) atoms. The quantitative estimate of drug-likeness (QED) is 0.571. The molecule has 1 heterocycles. The van der Waals surface area contributed by atoms with Crippen LogP contribution in [0.2, 0.25) is 0 Å². The summed E-state index contributed by atoms with van der Waals surface area (Å²) in [6.45, 7) is 2.03. The normalized spacial score (nSPS) is 11.4. The van der Waals surface area contributed by atoms with Gasteiger partial charge in [-0.3, -0.25) is 4.79 Å². The van der Waals surface area contributed by atoms with E-state index in [1.54, 1.807) is 19.1 Å². The molecular weight excluding hydrogens is 403 g/mol.